The van der Waals surface area contributed by atoms with Gasteiger partial charge in [-0.1, -0.05) is 0 Å². The van der Waals surface area contributed by atoms with Gasteiger partial charge in [0.05, 0.1) is 11.9 Å². The zero-order valence-corrected chi connectivity index (χ0v) is 13.9. The van der Waals surface area contributed by atoms with Crippen molar-refractivity contribution >= 4 is 22.9 Å². The van der Waals surface area contributed by atoms with Gasteiger partial charge in [0.1, 0.15) is 17.0 Å². The van der Waals surface area contributed by atoms with Gasteiger partial charge in [-0.2, -0.15) is 5.10 Å². The van der Waals surface area contributed by atoms with E-state index in [9.17, 15) is 4.79 Å². The Morgan fingerprint density at radius 3 is 2.76 bits per heavy atom. The van der Waals surface area contributed by atoms with Crippen LogP contribution < -0.4 is 5.32 Å². The number of benzene rings is 1. The molecule has 1 N–H and O–H groups in total. The van der Waals surface area contributed by atoms with Crippen LogP contribution in [0.3, 0.4) is 0 Å². The number of tetrazole rings is 1. The fourth-order valence-electron chi connectivity index (χ4n) is 2.21. The van der Waals surface area contributed by atoms with E-state index in [2.05, 4.69) is 30.9 Å². The lowest BCUT2D eigenvalue weighted by molar-refractivity contribution is 0.102. The Morgan fingerprint density at radius 2 is 2.08 bits per heavy atom. The number of rotatable bonds is 4. The maximum Gasteiger partial charge on any atom is 0.275 e. The number of nitrogens with one attached hydrogen (secondary N) is 1. The lowest BCUT2D eigenvalue weighted by Gasteiger charge is -2.04. The van der Waals surface area contributed by atoms with Crippen molar-refractivity contribution in [3.05, 3.63) is 54.1 Å². The number of thiazole rings is 1. The summed E-state index contributed by atoms with van der Waals surface area (Å²) in [6, 6.07) is 7.19. The van der Waals surface area contributed by atoms with Gasteiger partial charge in [-0.15, -0.1) is 16.4 Å². The quantitative estimate of drug-likeness (QED) is 0.600. The molecule has 0 aliphatic heterocycles. The number of carbonyl (C=O) groups excluding carboxylic acids is 1. The second kappa shape index (κ2) is 6.24. The van der Waals surface area contributed by atoms with E-state index in [-0.39, 0.29) is 5.91 Å². The molecule has 1 amide bonds. The van der Waals surface area contributed by atoms with Gasteiger partial charge in [0, 0.05) is 29.9 Å². The minimum Gasteiger partial charge on any atom is -0.321 e. The van der Waals surface area contributed by atoms with E-state index in [0.717, 1.165) is 16.3 Å². The summed E-state index contributed by atoms with van der Waals surface area (Å²) in [6.45, 7) is 0. The molecule has 0 atom stereocenters. The smallest absolute Gasteiger partial charge is 0.275 e. The van der Waals surface area contributed by atoms with Crippen molar-refractivity contribution in [2.45, 2.75) is 0 Å². The standard InChI is InChI=1S/C15H12N8OS/c1-22-7-10(6-17-22)15-19-13(8-25-15)14(24)18-11-2-4-12(5-3-11)23-9-16-20-21-23/h2-9H,1H3,(H,18,24). The Balaban J connectivity index is 1.48. The molecule has 4 aromatic rings. The molecule has 10 heteroatoms. The molecular formula is C15H12N8OS. The van der Waals surface area contributed by atoms with Crippen LogP contribution in [0, 0.1) is 0 Å². The average molecular weight is 352 g/mol. The molecule has 0 aliphatic rings. The number of carbonyl (C=O) groups is 1. The third-order valence-corrected chi connectivity index (χ3v) is 4.32. The number of amides is 1. The minimum atomic E-state index is -0.262. The Bertz CT molecular complexity index is 1000. The summed E-state index contributed by atoms with van der Waals surface area (Å²) in [5.74, 6) is -0.262. The second-order valence-corrected chi connectivity index (χ2v) is 6.05. The van der Waals surface area contributed by atoms with Crippen molar-refractivity contribution in [1.29, 1.82) is 0 Å². The summed E-state index contributed by atoms with van der Waals surface area (Å²) in [7, 11) is 1.84. The van der Waals surface area contributed by atoms with Crippen LogP contribution in [0.5, 0.6) is 0 Å². The first-order chi connectivity index (χ1) is 12.2. The Labute approximate surface area is 145 Å². The van der Waals surface area contributed by atoms with Gasteiger partial charge in [0.25, 0.3) is 5.91 Å². The monoisotopic (exact) mass is 352 g/mol. The molecule has 0 radical (unpaired) electrons. The number of hydrogen-bond acceptors (Lipinski definition) is 7. The fourth-order valence-corrected chi connectivity index (χ4v) is 2.99. The van der Waals surface area contributed by atoms with Crippen LogP contribution >= 0.6 is 11.3 Å². The molecule has 0 bridgehead atoms. The second-order valence-electron chi connectivity index (χ2n) is 5.20. The van der Waals surface area contributed by atoms with Crippen LogP contribution in [0.2, 0.25) is 0 Å². The zero-order chi connectivity index (χ0) is 17.2. The third kappa shape index (κ3) is 3.15. The van der Waals surface area contributed by atoms with Crippen molar-refractivity contribution in [2.24, 2.45) is 7.05 Å². The molecule has 0 saturated heterocycles. The van der Waals surface area contributed by atoms with E-state index >= 15 is 0 Å². The van der Waals surface area contributed by atoms with Gasteiger partial charge in [-0.25, -0.2) is 9.67 Å². The molecule has 0 saturated carbocycles. The predicted octanol–water partition coefficient (Wildman–Crippen LogP) is 1.77. The number of aryl methyl sites for hydroxylation is 1. The highest BCUT2D eigenvalue weighted by Crippen LogP contribution is 2.23. The highest BCUT2D eigenvalue weighted by atomic mass is 32.1. The number of aromatic nitrogens is 7. The molecule has 25 heavy (non-hydrogen) atoms. The number of anilines is 1. The van der Waals surface area contributed by atoms with Gasteiger partial charge in [-0.3, -0.25) is 9.48 Å². The van der Waals surface area contributed by atoms with Crippen molar-refractivity contribution in [2.75, 3.05) is 5.32 Å². The zero-order valence-electron chi connectivity index (χ0n) is 13.1. The van der Waals surface area contributed by atoms with Crippen LogP contribution in [-0.2, 0) is 7.05 Å². The predicted molar refractivity (Wildman–Crippen MR) is 91.4 cm³/mol. The summed E-state index contributed by atoms with van der Waals surface area (Å²) in [5, 5.41) is 20.4. The van der Waals surface area contributed by atoms with Crippen molar-refractivity contribution in [1.82, 2.24) is 35.0 Å². The van der Waals surface area contributed by atoms with Crippen LogP contribution in [0.25, 0.3) is 16.3 Å². The maximum absolute atomic E-state index is 12.4. The average Bonchev–Trinajstić information content (AvgIpc) is 3.36. The summed E-state index contributed by atoms with van der Waals surface area (Å²) in [5.41, 5.74) is 2.72. The van der Waals surface area contributed by atoms with E-state index < -0.39 is 0 Å². The lowest BCUT2D eigenvalue weighted by Crippen LogP contribution is -2.12. The Kier molecular flexibility index (Phi) is 3.78. The maximum atomic E-state index is 12.4. The van der Waals surface area contributed by atoms with Gasteiger partial charge in [-0.05, 0) is 34.7 Å². The largest absolute Gasteiger partial charge is 0.321 e. The summed E-state index contributed by atoms with van der Waals surface area (Å²) in [6.07, 6.45) is 5.08. The van der Waals surface area contributed by atoms with Crippen LogP contribution in [0.1, 0.15) is 10.5 Å². The third-order valence-electron chi connectivity index (χ3n) is 3.43. The summed E-state index contributed by atoms with van der Waals surface area (Å²) < 4.78 is 3.23. The van der Waals surface area contributed by atoms with Gasteiger partial charge < -0.3 is 5.32 Å². The number of nitrogens with zero attached hydrogens (tertiary/aromatic N) is 7. The normalized spacial score (nSPS) is 10.8. The molecule has 0 unspecified atom stereocenters. The molecule has 3 aromatic heterocycles. The fraction of sp³-hybridized carbons (Fsp3) is 0.0667. The van der Waals surface area contributed by atoms with Crippen molar-refractivity contribution in [3.63, 3.8) is 0 Å². The van der Waals surface area contributed by atoms with Crippen LogP contribution in [-0.4, -0.2) is 40.9 Å². The van der Waals surface area contributed by atoms with E-state index in [0.29, 0.717) is 11.4 Å². The molecule has 0 spiro atoms. The van der Waals surface area contributed by atoms with Gasteiger partial charge in [0.15, 0.2) is 0 Å². The number of hydrogen-bond donors (Lipinski definition) is 1. The molecule has 124 valence electrons. The lowest BCUT2D eigenvalue weighted by atomic mass is 10.2. The molecule has 9 nitrogen and oxygen atoms in total. The molecule has 3 heterocycles. The first-order valence-electron chi connectivity index (χ1n) is 7.28. The molecule has 0 aliphatic carbocycles. The Hall–Kier alpha value is -3.40. The summed E-state index contributed by atoms with van der Waals surface area (Å²) >= 11 is 1.40. The highest BCUT2D eigenvalue weighted by Gasteiger charge is 2.13. The van der Waals surface area contributed by atoms with E-state index in [1.807, 2.05) is 25.4 Å². The molecule has 0 fully saturated rings. The van der Waals surface area contributed by atoms with E-state index in [4.69, 9.17) is 0 Å². The van der Waals surface area contributed by atoms with Crippen LogP contribution in [0.4, 0.5) is 5.69 Å². The highest BCUT2D eigenvalue weighted by molar-refractivity contribution is 7.13. The van der Waals surface area contributed by atoms with Gasteiger partial charge >= 0.3 is 0 Å². The topological polar surface area (TPSA) is 103 Å². The van der Waals surface area contributed by atoms with Crippen molar-refractivity contribution < 1.29 is 4.79 Å². The minimum absolute atomic E-state index is 0.262. The van der Waals surface area contributed by atoms with E-state index in [1.54, 1.807) is 28.4 Å². The van der Waals surface area contributed by atoms with E-state index in [1.165, 1.54) is 22.3 Å². The first kappa shape index (κ1) is 15.1. The van der Waals surface area contributed by atoms with Crippen molar-refractivity contribution in [3.8, 4) is 16.3 Å². The molecule has 1 aromatic carbocycles. The molecule has 4 rings (SSSR count). The summed E-state index contributed by atoms with van der Waals surface area (Å²) in [4.78, 5) is 16.7. The van der Waals surface area contributed by atoms with Gasteiger partial charge in [0.2, 0.25) is 0 Å². The Morgan fingerprint density at radius 1 is 1.24 bits per heavy atom. The first-order valence-corrected chi connectivity index (χ1v) is 8.16. The SMILES string of the molecule is Cn1cc(-c2nc(C(=O)Nc3ccc(-n4cnnn4)cc3)cs2)cn1. The van der Waals surface area contributed by atoms with Crippen LogP contribution in [0.15, 0.2) is 48.4 Å². The molecular weight excluding hydrogens is 340 g/mol.